The normalized spacial score (nSPS) is 14.1. The van der Waals surface area contributed by atoms with E-state index in [1.54, 1.807) is 7.11 Å². The third kappa shape index (κ3) is 14.0. The van der Waals surface area contributed by atoms with Crippen LogP contribution in [-0.2, 0) is 42.9 Å². The number of amides is 3. The molecular weight excluding hydrogens is 452 g/mol. The number of carbonyl (C=O) groups excluding carboxylic acids is 3. The number of hydrogen-bond acceptors (Lipinski definition) is 9. The van der Waals surface area contributed by atoms with Crippen molar-refractivity contribution in [1.82, 2.24) is 10.2 Å². The monoisotopic (exact) mass is 488 g/mol. The smallest absolute Gasteiger partial charge is 0.326 e. The Bertz CT molecular complexity index is 638. The molecule has 194 valence electrons. The summed E-state index contributed by atoms with van der Waals surface area (Å²) in [5.41, 5.74) is 0. The SMILES string of the molecule is COCCOCCOCCOCCOCCC(=O)NC(CCCCN1C(=O)C=CC1=O)C(=O)O. The Labute approximate surface area is 199 Å². The number of aliphatic carboxylic acids is 1. The highest BCUT2D eigenvalue weighted by atomic mass is 16.6. The molecule has 0 spiro atoms. The second-order valence-electron chi connectivity index (χ2n) is 7.31. The Balaban J connectivity index is 1.98. The Hall–Kier alpha value is -2.38. The van der Waals surface area contributed by atoms with Gasteiger partial charge in [-0.05, 0) is 19.3 Å². The lowest BCUT2D eigenvalue weighted by atomic mass is 10.1. The molecule has 1 atom stereocenters. The van der Waals surface area contributed by atoms with Crippen LogP contribution in [0.5, 0.6) is 0 Å². The van der Waals surface area contributed by atoms with Crippen molar-refractivity contribution in [3.63, 3.8) is 0 Å². The van der Waals surface area contributed by atoms with Gasteiger partial charge in [0.25, 0.3) is 11.8 Å². The molecule has 0 bridgehead atoms. The Morgan fingerprint density at radius 3 is 1.85 bits per heavy atom. The van der Waals surface area contributed by atoms with E-state index in [9.17, 15) is 24.3 Å². The van der Waals surface area contributed by atoms with Crippen LogP contribution < -0.4 is 5.32 Å². The lowest BCUT2D eigenvalue weighted by Gasteiger charge is -2.16. The van der Waals surface area contributed by atoms with Crippen molar-refractivity contribution in [2.75, 3.05) is 73.1 Å². The molecule has 0 aromatic carbocycles. The van der Waals surface area contributed by atoms with Crippen LogP contribution in [0.3, 0.4) is 0 Å². The molecule has 0 aromatic heterocycles. The van der Waals surface area contributed by atoms with Crippen LogP contribution in [0.2, 0.25) is 0 Å². The van der Waals surface area contributed by atoms with E-state index in [4.69, 9.17) is 23.7 Å². The van der Waals surface area contributed by atoms with Crippen molar-refractivity contribution >= 4 is 23.7 Å². The van der Waals surface area contributed by atoms with Crippen LogP contribution >= 0.6 is 0 Å². The minimum Gasteiger partial charge on any atom is -0.480 e. The Morgan fingerprint density at radius 2 is 1.35 bits per heavy atom. The van der Waals surface area contributed by atoms with Gasteiger partial charge in [-0.2, -0.15) is 0 Å². The molecule has 0 saturated heterocycles. The molecule has 0 radical (unpaired) electrons. The first kappa shape index (κ1) is 29.7. The highest BCUT2D eigenvalue weighted by Gasteiger charge is 2.23. The summed E-state index contributed by atoms with van der Waals surface area (Å²) in [6.07, 6.45) is 3.52. The van der Waals surface area contributed by atoms with Crippen molar-refractivity contribution in [2.24, 2.45) is 0 Å². The molecule has 12 nitrogen and oxygen atoms in total. The number of hydrogen-bond donors (Lipinski definition) is 2. The van der Waals surface area contributed by atoms with Crippen molar-refractivity contribution in [2.45, 2.75) is 31.7 Å². The molecule has 2 N–H and O–H groups in total. The zero-order valence-electron chi connectivity index (χ0n) is 19.7. The molecule has 0 aliphatic carbocycles. The number of methoxy groups -OCH3 is 1. The molecule has 34 heavy (non-hydrogen) atoms. The Kier molecular flexibility index (Phi) is 16.6. The zero-order valence-corrected chi connectivity index (χ0v) is 19.7. The first-order chi connectivity index (χ1) is 16.5. The summed E-state index contributed by atoms with van der Waals surface area (Å²) in [4.78, 5) is 47.4. The van der Waals surface area contributed by atoms with Gasteiger partial charge >= 0.3 is 5.97 Å². The highest BCUT2D eigenvalue weighted by molar-refractivity contribution is 6.12. The first-order valence-electron chi connectivity index (χ1n) is 11.3. The minimum atomic E-state index is -1.14. The number of carboxylic acids is 1. The van der Waals surface area contributed by atoms with Gasteiger partial charge in [0.2, 0.25) is 5.91 Å². The number of imide groups is 1. The molecule has 0 saturated carbocycles. The lowest BCUT2D eigenvalue weighted by Crippen LogP contribution is -2.41. The van der Waals surface area contributed by atoms with Crippen molar-refractivity contribution in [3.8, 4) is 0 Å². The van der Waals surface area contributed by atoms with E-state index in [1.165, 1.54) is 12.2 Å². The van der Waals surface area contributed by atoms with E-state index in [0.717, 1.165) is 4.90 Å². The molecule has 0 fully saturated rings. The lowest BCUT2D eigenvalue weighted by molar-refractivity contribution is -0.142. The van der Waals surface area contributed by atoms with E-state index in [-0.39, 0.29) is 37.8 Å². The topological polar surface area (TPSA) is 150 Å². The van der Waals surface area contributed by atoms with Crippen LogP contribution in [0, 0.1) is 0 Å². The second kappa shape index (κ2) is 19.0. The average Bonchev–Trinajstić information content (AvgIpc) is 3.13. The third-order valence-electron chi connectivity index (χ3n) is 4.68. The maximum atomic E-state index is 12.0. The molecule has 1 heterocycles. The van der Waals surface area contributed by atoms with Gasteiger partial charge in [0.15, 0.2) is 0 Å². The molecule has 1 unspecified atom stereocenters. The maximum absolute atomic E-state index is 12.0. The van der Waals surface area contributed by atoms with Crippen LogP contribution in [-0.4, -0.2) is 113 Å². The zero-order chi connectivity index (χ0) is 25.0. The van der Waals surface area contributed by atoms with Gasteiger partial charge in [-0.15, -0.1) is 0 Å². The van der Waals surface area contributed by atoms with Gasteiger partial charge in [0, 0.05) is 32.2 Å². The van der Waals surface area contributed by atoms with E-state index < -0.39 is 17.9 Å². The molecule has 3 amide bonds. The van der Waals surface area contributed by atoms with Crippen molar-refractivity contribution in [3.05, 3.63) is 12.2 Å². The fraction of sp³-hybridized carbons (Fsp3) is 0.727. The molecule has 12 heteroatoms. The number of nitrogens with zero attached hydrogens (tertiary/aromatic N) is 1. The fourth-order valence-corrected chi connectivity index (χ4v) is 2.86. The van der Waals surface area contributed by atoms with Crippen LogP contribution in [0.1, 0.15) is 25.7 Å². The van der Waals surface area contributed by atoms with Gasteiger partial charge in [-0.3, -0.25) is 19.3 Å². The van der Waals surface area contributed by atoms with Gasteiger partial charge in [-0.25, -0.2) is 4.79 Å². The van der Waals surface area contributed by atoms with Crippen molar-refractivity contribution in [1.29, 1.82) is 0 Å². The van der Waals surface area contributed by atoms with Crippen LogP contribution in [0.15, 0.2) is 12.2 Å². The van der Waals surface area contributed by atoms with Gasteiger partial charge in [0.05, 0.1) is 59.5 Å². The largest absolute Gasteiger partial charge is 0.480 e. The van der Waals surface area contributed by atoms with Crippen LogP contribution in [0.25, 0.3) is 0 Å². The quantitative estimate of drug-likeness (QED) is 0.154. The summed E-state index contributed by atoms with van der Waals surface area (Å²) in [7, 11) is 1.61. The molecule has 0 aromatic rings. The maximum Gasteiger partial charge on any atom is 0.326 e. The number of unbranched alkanes of at least 4 members (excludes halogenated alkanes) is 1. The van der Waals surface area contributed by atoms with E-state index in [0.29, 0.717) is 65.7 Å². The summed E-state index contributed by atoms with van der Waals surface area (Å²) in [5, 5.41) is 11.8. The molecule has 1 aliphatic heterocycles. The van der Waals surface area contributed by atoms with E-state index in [1.807, 2.05) is 0 Å². The fourth-order valence-electron chi connectivity index (χ4n) is 2.86. The van der Waals surface area contributed by atoms with Gasteiger partial charge in [-0.1, -0.05) is 0 Å². The number of rotatable bonds is 22. The average molecular weight is 489 g/mol. The molecule has 1 rings (SSSR count). The number of nitrogens with one attached hydrogen (secondary N) is 1. The third-order valence-corrected chi connectivity index (χ3v) is 4.68. The minimum absolute atomic E-state index is 0.0262. The number of ether oxygens (including phenoxy) is 5. The second-order valence-corrected chi connectivity index (χ2v) is 7.31. The summed E-state index contributed by atoms with van der Waals surface area (Å²) in [6, 6.07) is -1.04. The number of carbonyl (C=O) groups is 4. The van der Waals surface area contributed by atoms with Gasteiger partial charge in [0.1, 0.15) is 6.04 Å². The predicted molar refractivity (Wildman–Crippen MR) is 119 cm³/mol. The predicted octanol–water partition coefficient (Wildman–Crippen LogP) is -0.246. The van der Waals surface area contributed by atoms with E-state index in [2.05, 4.69) is 5.32 Å². The standard InChI is InChI=1S/C22H36N2O10/c1-30-10-11-32-14-15-34-17-16-33-13-12-31-9-7-19(25)23-18(22(28)29)4-2-3-8-24-20(26)5-6-21(24)27/h5-6,18H,2-4,7-17H2,1H3,(H,23,25)(H,28,29). The summed E-state index contributed by atoms with van der Waals surface area (Å²) < 4.78 is 26.1. The van der Waals surface area contributed by atoms with Crippen LogP contribution in [0.4, 0.5) is 0 Å². The summed E-state index contributed by atoms with van der Waals surface area (Å²) >= 11 is 0. The van der Waals surface area contributed by atoms with Gasteiger partial charge < -0.3 is 34.1 Å². The number of carboxylic acid groups (broad SMARTS) is 1. The summed E-state index contributed by atoms with van der Waals surface area (Å²) in [6.45, 7) is 3.93. The summed E-state index contributed by atoms with van der Waals surface area (Å²) in [5.74, 6) is -2.30. The van der Waals surface area contributed by atoms with E-state index >= 15 is 0 Å². The first-order valence-corrected chi connectivity index (χ1v) is 11.3. The molecule has 1 aliphatic rings. The molecular formula is C22H36N2O10. The van der Waals surface area contributed by atoms with Crippen molar-refractivity contribution < 1.29 is 48.0 Å². The Morgan fingerprint density at radius 1 is 0.853 bits per heavy atom. The highest BCUT2D eigenvalue weighted by Crippen LogP contribution is 2.08.